The Kier molecular flexibility index (Phi) is 6.08. The number of hydrogen-bond acceptors (Lipinski definition) is 4. The van der Waals surface area contributed by atoms with Crippen LogP contribution in [0.1, 0.15) is 41.5 Å². The Morgan fingerprint density at radius 1 is 0.688 bits per heavy atom. The van der Waals surface area contributed by atoms with E-state index in [9.17, 15) is 9.59 Å². The molecule has 0 aliphatic heterocycles. The zero-order valence-corrected chi connectivity index (χ0v) is 10.9. The molecule has 4 nitrogen and oxygen atoms in total. The summed E-state index contributed by atoms with van der Waals surface area (Å²) in [5.41, 5.74) is 0. The van der Waals surface area contributed by atoms with E-state index in [4.69, 9.17) is 9.47 Å². The van der Waals surface area contributed by atoms with E-state index in [1.165, 1.54) is 0 Å². The van der Waals surface area contributed by atoms with Crippen molar-refractivity contribution in [1.29, 1.82) is 0 Å². The Bertz CT molecular complexity index is 219. The Labute approximate surface area is 97.3 Å². The quantitative estimate of drug-likeness (QED) is 0.679. The van der Waals surface area contributed by atoms with E-state index in [2.05, 4.69) is 0 Å². The maximum absolute atomic E-state index is 11.3. The molecule has 2 atom stereocenters. The van der Waals surface area contributed by atoms with Crippen molar-refractivity contribution in [3.8, 4) is 0 Å². The van der Waals surface area contributed by atoms with Gasteiger partial charge in [-0.1, -0.05) is 27.7 Å². The standard InChI is InChI=1S/C12H22O4/c1-7(2)11(13)15-9(5)10(6)16-12(14)8(3)4/h7-10H,1-6H3/t9-,10-/m1/s1. The van der Waals surface area contributed by atoms with Crippen molar-refractivity contribution >= 4 is 11.9 Å². The fourth-order valence-corrected chi connectivity index (χ4v) is 0.830. The van der Waals surface area contributed by atoms with E-state index in [0.29, 0.717) is 0 Å². The third-order valence-corrected chi connectivity index (χ3v) is 2.21. The lowest BCUT2D eigenvalue weighted by Crippen LogP contribution is -2.33. The van der Waals surface area contributed by atoms with Crippen molar-refractivity contribution in [3.05, 3.63) is 0 Å². The van der Waals surface area contributed by atoms with Gasteiger partial charge in [0.05, 0.1) is 11.8 Å². The largest absolute Gasteiger partial charge is 0.459 e. The third kappa shape index (κ3) is 5.14. The van der Waals surface area contributed by atoms with Crippen LogP contribution in [0.25, 0.3) is 0 Å². The van der Waals surface area contributed by atoms with Crippen LogP contribution in [0.15, 0.2) is 0 Å². The number of esters is 2. The molecule has 0 bridgehead atoms. The molecule has 0 unspecified atom stereocenters. The molecule has 16 heavy (non-hydrogen) atoms. The van der Waals surface area contributed by atoms with Crippen LogP contribution in [0.4, 0.5) is 0 Å². The smallest absolute Gasteiger partial charge is 0.308 e. The Morgan fingerprint density at radius 2 is 0.938 bits per heavy atom. The minimum atomic E-state index is -0.419. The summed E-state index contributed by atoms with van der Waals surface area (Å²) in [5.74, 6) is -0.897. The Balaban J connectivity index is 4.14. The molecule has 0 N–H and O–H groups in total. The third-order valence-electron chi connectivity index (χ3n) is 2.21. The lowest BCUT2D eigenvalue weighted by molar-refractivity contribution is -0.169. The molecule has 0 aliphatic rings. The monoisotopic (exact) mass is 230 g/mol. The fourth-order valence-electron chi connectivity index (χ4n) is 0.830. The van der Waals surface area contributed by atoms with Crippen LogP contribution in [0.3, 0.4) is 0 Å². The summed E-state index contributed by atoms with van der Waals surface area (Å²) in [7, 11) is 0. The van der Waals surface area contributed by atoms with E-state index in [1.54, 1.807) is 41.5 Å². The molecule has 0 heterocycles. The molecule has 0 radical (unpaired) electrons. The van der Waals surface area contributed by atoms with Crippen LogP contribution in [-0.2, 0) is 19.1 Å². The first-order valence-electron chi connectivity index (χ1n) is 5.66. The molecule has 0 aliphatic carbocycles. The van der Waals surface area contributed by atoms with Crippen LogP contribution in [0.5, 0.6) is 0 Å². The molecule has 0 rings (SSSR count). The SMILES string of the molecule is CC(C)C(=O)O[C@H](C)[C@@H](C)OC(=O)C(C)C. The predicted molar refractivity (Wildman–Crippen MR) is 60.8 cm³/mol. The molecule has 94 valence electrons. The maximum atomic E-state index is 11.3. The molecular weight excluding hydrogens is 208 g/mol. The first kappa shape index (κ1) is 14.9. The second kappa shape index (κ2) is 6.51. The number of carbonyl (C=O) groups excluding carboxylic acids is 2. The van der Waals surface area contributed by atoms with E-state index in [1.807, 2.05) is 0 Å². The highest BCUT2D eigenvalue weighted by Crippen LogP contribution is 2.09. The molecule has 0 fully saturated rings. The predicted octanol–water partition coefficient (Wildman–Crippen LogP) is 2.16. The second-order valence-electron chi connectivity index (χ2n) is 4.59. The number of hydrogen-bond donors (Lipinski definition) is 0. The van der Waals surface area contributed by atoms with E-state index in [0.717, 1.165) is 0 Å². The minimum absolute atomic E-state index is 0.171. The van der Waals surface area contributed by atoms with Gasteiger partial charge < -0.3 is 9.47 Å². The van der Waals surface area contributed by atoms with Gasteiger partial charge in [-0.05, 0) is 13.8 Å². The molecule has 0 saturated carbocycles. The number of rotatable bonds is 5. The maximum Gasteiger partial charge on any atom is 0.308 e. The summed E-state index contributed by atoms with van der Waals surface area (Å²) >= 11 is 0. The zero-order chi connectivity index (χ0) is 12.9. The molecule has 0 saturated heterocycles. The summed E-state index contributed by atoms with van der Waals surface area (Å²) in [4.78, 5) is 22.6. The highest BCUT2D eigenvalue weighted by molar-refractivity contribution is 5.72. The van der Waals surface area contributed by atoms with Crippen LogP contribution >= 0.6 is 0 Å². The van der Waals surface area contributed by atoms with Gasteiger partial charge in [-0.25, -0.2) is 0 Å². The average molecular weight is 230 g/mol. The summed E-state index contributed by atoms with van der Waals surface area (Å²) < 4.78 is 10.3. The summed E-state index contributed by atoms with van der Waals surface area (Å²) in [6.45, 7) is 10.5. The molecular formula is C12H22O4. The van der Waals surface area contributed by atoms with Crippen molar-refractivity contribution in [1.82, 2.24) is 0 Å². The van der Waals surface area contributed by atoms with Crippen LogP contribution in [-0.4, -0.2) is 24.1 Å². The average Bonchev–Trinajstić information content (AvgIpc) is 2.16. The van der Waals surface area contributed by atoms with Gasteiger partial charge in [-0.2, -0.15) is 0 Å². The van der Waals surface area contributed by atoms with E-state index < -0.39 is 12.2 Å². The van der Waals surface area contributed by atoms with Crippen molar-refractivity contribution < 1.29 is 19.1 Å². The Hall–Kier alpha value is -1.06. The highest BCUT2D eigenvalue weighted by atomic mass is 16.6. The van der Waals surface area contributed by atoms with Crippen LogP contribution in [0, 0.1) is 11.8 Å². The number of carbonyl (C=O) groups is 2. The van der Waals surface area contributed by atoms with Gasteiger partial charge in [0.15, 0.2) is 0 Å². The molecule has 0 aromatic rings. The summed E-state index contributed by atoms with van der Waals surface area (Å²) in [6, 6.07) is 0. The van der Waals surface area contributed by atoms with Crippen LogP contribution in [0.2, 0.25) is 0 Å². The van der Waals surface area contributed by atoms with Gasteiger partial charge in [0.1, 0.15) is 12.2 Å². The molecule has 0 aromatic carbocycles. The fraction of sp³-hybridized carbons (Fsp3) is 0.833. The van der Waals surface area contributed by atoms with E-state index in [-0.39, 0.29) is 23.8 Å². The number of ether oxygens (including phenoxy) is 2. The first-order chi connectivity index (χ1) is 7.25. The molecule has 4 heteroatoms. The van der Waals surface area contributed by atoms with E-state index >= 15 is 0 Å². The lowest BCUT2D eigenvalue weighted by Gasteiger charge is -2.22. The summed E-state index contributed by atoms with van der Waals surface area (Å²) in [6.07, 6.45) is -0.838. The van der Waals surface area contributed by atoms with Crippen molar-refractivity contribution in [2.24, 2.45) is 11.8 Å². The molecule has 0 spiro atoms. The molecule has 0 aromatic heterocycles. The van der Waals surface area contributed by atoms with Crippen molar-refractivity contribution in [3.63, 3.8) is 0 Å². The van der Waals surface area contributed by atoms with Crippen molar-refractivity contribution in [2.75, 3.05) is 0 Å². The summed E-state index contributed by atoms with van der Waals surface area (Å²) in [5, 5.41) is 0. The zero-order valence-electron chi connectivity index (χ0n) is 10.9. The highest BCUT2D eigenvalue weighted by Gasteiger charge is 2.22. The normalized spacial score (nSPS) is 14.8. The van der Waals surface area contributed by atoms with Gasteiger partial charge in [-0.15, -0.1) is 0 Å². The van der Waals surface area contributed by atoms with Gasteiger partial charge >= 0.3 is 11.9 Å². The topological polar surface area (TPSA) is 52.6 Å². The lowest BCUT2D eigenvalue weighted by atomic mass is 10.2. The molecule has 0 amide bonds. The Morgan fingerprint density at radius 3 is 1.12 bits per heavy atom. The second-order valence-corrected chi connectivity index (χ2v) is 4.59. The van der Waals surface area contributed by atoms with Crippen LogP contribution < -0.4 is 0 Å². The first-order valence-corrected chi connectivity index (χ1v) is 5.66. The minimum Gasteiger partial charge on any atom is -0.459 e. The van der Waals surface area contributed by atoms with Gasteiger partial charge in [0.2, 0.25) is 0 Å². The van der Waals surface area contributed by atoms with Crippen molar-refractivity contribution in [2.45, 2.75) is 53.8 Å². The van der Waals surface area contributed by atoms with Gasteiger partial charge in [0, 0.05) is 0 Å². The van der Waals surface area contributed by atoms with Gasteiger partial charge in [-0.3, -0.25) is 9.59 Å². The van der Waals surface area contributed by atoms with Gasteiger partial charge in [0.25, 0.3) is 0 Å².